The van der Waals surface area contributed by atoms with E-state index in [0.29, 0.717) is 12.8 Å². The van der Waals surface area contributed by atoms with Crippen LogP contribution < -0.4 is 0 Å². The van der Waals surface area contributed by atoms with E-state index in [1.165, 1.54) is 0 Å². The van der Waals surface area contributed by atoms with Crippen molar-refractivity contribution in [1.29, 1.82) is 0 Å². The molecule has 0 spiro atoms. The minimum absolute atomic E-state index is 0.0987. The van der Waals surface area contributed by atoms with Crippen molar-refractivity contribution in [2.45, 2.75) is 26.7 Å². The van der Waals surface area contributed by atoms with Crippen LogP contribution in [0, 0.1) is 11.8 Å². The van der Waals surface area contributed by atoms with Crippen molar-refractivity contribution in [2.75, 3.05) is 6.61 Å². The van der Waals surface area contributed by atoms with Gasteiger partial charge in [0.05, 0.1) is 12.5 Å². The van der Waals surface area contributed by atoms with Gasteiger partial charge in [-0.05, 0) is 19.8 Å². The van der Waals surface area contributed by atoms with Crippen molar-refractivity contribution in [3.8, 4) is 0 Å². The van der Waals surface area contributed by atoms with Crippen molar-refractivity contribution >= 4 is 17.5 Å². The molecule has 78 valence electrons. The lowest BCUT2D eigenvalue weighted by atomic mass is 10.00. The topological polar surface area (TPSA) is 60.4 Å². The summed E-state index contributed by atoms with van der Waals surface area (Å²) in [7, 11) is 0. The lowest BCUT2D eigenvalue weighted by Crippen LogP contribution is -2.29. The zero-order chi connectivity index (χ0) is 10.7. The predicted molar refractivity (Wildman–Crippen MR) is 48.5 cm³/mol. The standard InChI is InChI=1S/C10H14O4/c1-3-14-10(13)9(12)7-5-4-6(2)8(7)11/h6-7H,3-5H2,1-2H3. The summed E-state index contributed by atoms with van der Waals surface area (Å²) in [6.07, 6.45) is 1.17. The van der Waals surface area contributed by atoms with Gasteiger partial charge in [-0.3, -0.25) is 9.59 Å². The maximum absolute atomic E-state index is 11.4. The number of carbonyl (C=O) groups excluding carboxylic acids is 3. The molecule has 1 aliphatic rings. The van der Waals surface area contributed by atoms with Crippen molar-refractivity contribution in [1.82, 2.24) is 0 Å². The first kappa shape index (κ1) is 10.9. The molecule has 0 amide bonds. The predicted octanol–water partition coefficient (Wildman–Crippen LogP) is 0.734. The SMILES string of the molecule is CCOC(=O)C(=O)C1CCC(C)C1=O. The summed E-state index contributed by atoms with van der Waals surface area (Å²) in [4.78, 5) is 33.9. The largest absolute Gasteiger partial charge is 0.460 e. The second kappa shape index (κ2) is 4.35. The number of ketones is 2. The van der Waals surface area contributed by atoms with Crippen LogP contribution in [0.1, 0.15) is 26.7 Å². The number of carbonyl (C=O) groups is 3. The van der Waals surface area contributed by atoms with Crippen molar-refractivity contribution in [3.63, 3.8) is 0 Å². The number of ether oxygens (including phenoxy) is 1. The number of hydrogen-bond donors (Lipinski definition) is 0. The molecule has 0 N–H and O–H groups in total. The Morgan fingerprint density at radius 3 is 2.50 bits per heavy atom. The Kier molecular flexibility index (Phi) is 3.38. The van der Waals surface area contributed by atoms with Gasteiger partial charge in [0.2, 0.25) is 5.78 Å². The van der Waals surface area contributed by atoms with Crippen LogP contribution in [0.2, 0.25) is 0 Å². The van der Waals surface area contributed by atoms with Crippen LogP contribution in [-0.4, -0.2) is 24.1 Å². The van der Waals surface area contributed by atoms with Crippen LogP contribution in [0.25, 0.3) is 0 Å². The number of rotatable bonds is 3. The van der Waals surface area contributed by atoms with Crippen LogP contribution in [-0.2, 0) is 19.1 Å². The third kappa shape index (κ3) is 2.00. The molecular formula is C10H14O4. The Morgan fingerprint density at radius 1 is 1.43 bits per heavy atom. The summed E-state index contributed by atoms with van der Waals surface area (Å²) in [6.45, 7) is 3.58. The molecule has 14 heavy (non-hydrogen) atoms. The van der Waals surface area contributed by atoms with Gasteiger partial charge in [0, 0.05) is 5.92 Å². The van der Waals surface area contributed by atoms with Crippen LogP contribution in [0.5, 0.6) is 0 Å². The monoisotopic (exact) mass is 198 g/mol. The van der Waals surface area contributed by atoms with Gasteiger partial charge in [0.1, 0.15) is 5.78 Å². The van der Waals surface area contributed by atoms with E-state index in [4.69, 9.17) is 0 Å². The third-order valence-electron chi connectivity index (χ3n) is 2.51. The number of hydrogen-bond acceptors (Lipinski definition) is 4. The molecular weight excluding hydrogens is 184 g/mol. The van der Waals surface area contributed by atoms with Gasteiger partial charge < -0.3 is 4.74 Å². The van der Waals surface area contributed by atoms with Gasteiger partial charge in [0.25, 0.3) is 0 Å². The summed E-state index contributed by atoms with van der Waals surface area (Å²) in [5.74, 6) is -2.52. The molecule has 4 nitrogen and oxygen atoms in total. The van der Waals surface area contributed by atoms with E-state index < -0.39 is 17.7 Å². The third-order valence-corrected chi connectivity index (χ3v) is 2.51. The fourth-order valence-electron chi connectivity index (χ4n) is 1.65. The molecule has 1 saturated carbocycles. The minimum Gasteiger partial charge on any atom is -0.460 e. The molecule has 0 aliphatic heterocycles. The minimum atomic E-state index is -0.875. The second-order valence-electron chi connectivity index (χ2n) is 3.52. The molecule has 0 saturated heterocycles. The molecule has 0 aromatic carbocycles. The lowest BCUT2D eigenvalue weighted by Gasteiger charge is -2.05. The molecule has 1 rings (SSSR count). The normalized spacial score (nSPS) is 26.3. The van der Waals surface area contributed by atoms with Gasteiger partial charge in [0.15, 0.2) is 0 Å². The molecule has 0 radical (unpaired) electrons. The van der Waals surface area contributed by atoms with E-state index in [1.807, 2.05) is 0 Å². The molecule has 0 aromatic rings. The Hall–Kier alpha value is -1.19. The van der Waals surface area contributed by atoms with Crippen LogP contribution >= 0.6 is 0 Å². The number of Topliss-reactive ketones (excluding diaryl/α,β-unsaturated/α-hetero) is 2. The zero-order valence-electron chi connectivity index (χ0n) is 8.41. The Labute approximate surface area is 82.6 Å². The van der Waals surface area contributed by atoms with E-state index in [9.17, 15) is 14.4 Å². The van der Waals surface area contributed by atoms with Gasteiger partial charge in [-0.1, -0.05) is 6.92 Å². The molecule has 2 atom stereocenters. The molecule has 0 aromatic heterocycles. The lowest BCUT2D eigenvalue weighted by molar-refractivity contribution is -0.156. The molecule has 4 heteroatoms. The summed E-state index contributed by atoms with van der Waals surface area (Å²) >= 11 is 0. The zero-order valence-corrected chi connectivity index (χ0v) is 8.41. The first-order valence-corrected chi connectivity index (χ1v) is 4.82. The van der Waals surface area contributed by atoms with E-state index in [1.54, 1.807) is 13.8 Å². The second-order valence-corrected chi connectivity index (χ2v) is 3.52. The van der Waals surface area contributed by atoms with Crippen molar-refractivity contribution in [2.24, 2.45) is 11.8 Å². The van der Waals surface area contributed by atoms with E-state index in [0.717, 1.165) is 0 Å². The summed E-state index contributed by atoms with van der Waals surface area (Å²) in [6, 6.07) is 0. The van der Waals surface area contributed by atoms with Crippen LogP contribution in [0.15, 0.2) is 0 Å². The Balaban J connectivity index is 2.62. The van der Waals surface area contributed by atoms with Gasteiger partial charge in [-0.15, -0.1) is 0 Å². The van der Waals surface area contributed by atoms with Crippen LogP contribution in [0.4, 0.5) is 0 Å². The van der Waals surface area contributed by atoms with Crippen molar-refractivity contribution < 1.29 is 19.1 Å². The smallest absolute Gasteiger partial charge is 0.375 e. The van der Waals surface area contributed by atoms with E-state index in [2.05, 4.69) is 4.74 Å². The first-order chi connectivity index (χ1) is 6.57. The number of esters is 1. The van der Waals surface area contributed by atoms with Gasteiger partial charge in [-0.2, -0.15) is 0 Å². The summed E-state index contributed by atoms with van der Waals surface area (Å²) < 4.78 is 4.56. The van der Waals surface area contributed by atoms with E-state index >= 15 is 0 Å². The maximum atomic E-state index is 11.4. The highest BCUT2D eigenvalue weighted by atomic mass is 16.5. The van der Waals surface area contributed by atoms with Crippen LogP contribution in [0.3, 0.4) is 0 Å². The highest BCUT2D eigenvalue weighted by Crippen LogP contribution is 2.27. The molecule has 0 heterocycles. The molecule has 1 aliphatic carbocycles. The Bertz CT molecular complexity index is 269. The highest BCUT2D eigenvalue weighted by Gasteiger charge is 2.39. The van der Waals surface area contributed by atoms with Gasteiger partial charge in [-0.25, -0.2) is 4.79 Å². The van der Waals surface area contributed by atoms with Gasteiger partial charge >= 0.3 is 5.97 Å². The maximum Gasteiger partial charge on any atom is 0.375 e. The van der Waals surface area contributed by atoms with Crippen molar-refractivity contribution in [3.05, 3.63) is 0 Å². The fraction of sp³-hybridized carbons (Fsp3) is 0.700. The highest BCUT2D eigenvalue weighted by molar-refractivity contribution is 6.38. The average molecular weight is 198 g/mol. The molecule has 2 unspecified atom stereocenters. The quantitative estimate of drug-likeness (QED) is 0.381. The average Bonchev–Trinajstić information content (AvgIpc) is 2.47. The van der Waals surface area contributed by atoms with E-state index in [-0.39, 0.29) is 18.3 Å². The summed E-state index contributed by atoms with van der Waals surface area (Å²) in [5, 5.41) is 0. The fourth-order valence-corrected chi connectivity index (χ4v) is 1.65. The first-order valence-electron chi connectivity index (χ1n) is 4.82. The molecule has 0 bridgehead atoms. The Morgan fingerprint density at radius 2 is 2.07 bits per heavy atom. The molecule has 1 fully saturated rings. The summed E-state index contributed by atoms with van der Waals surface area (Å²) in [5.41, 5.74) is 0.